The van der Waals surface area contributed by atoms with E-state index in [4.69, 9.17) is 0 Å². The normalized spacial score (nSPS) is 30.9. The van der Waals surface area contributed by atoms with E-state index in [2.05, 4.69) is 65.8 Å². The zero-order chi connectivity index (χ0) is 12.1. The maximum absolute atomic E-state index is 2.42. The SMILES string of the molecule is CC1c2ccccc2C(C)(C)C(C)C1(C)C. The van der Waals surface area contributed by atoms with Gasteiger partial charge in [0, 0.05) is 0 Å². The summed E-state index contributed by atoms with van der Waals surface area (Å²) in [7, 11) is 0. The molecule has 0 saturated carbocycles. The van der Waals surface area contributed by atoms with Gasteiger partial charge in [0.2, 0.25) is 0 Å². The molecular formula is C16H24. The summed E-state index contributed by atoms with van der Waals surface area (Å²) in [5.41, 5.74) is 3.76. The molecule has 0 saturated heterocycles. The second kappa shape index (κ2) is 3.35. The molecular weight excluding hydrogens is 192 g/mol. The monoisotopic (exact) mass is 216 g/mol. The van der Waals surface area contributed by atoms with Crippen LogP contribution in [0.2, 0.25) is 0 Å². The van der Waals surface area contributed by atoms with Gasteiger partial charge in [-0.15, -0.1) is 0 Å². The van der Waals surface area contributed by atoms with Crippen LogP contribution in [0.25, 0.3) is 0 Å². The fraction of sp³-hybridized carbons (Fsp3) is 0.625. The summed E-state index contributed by atoms with van der Waals surface area (Å²) in [6.07, 6.45) is 0. The van der Waals surface area contributed by atoms with E-state index in [-0.39, 0.29) is 5.41 Å². The van der Waals surface area contributed by atoms with Crippen molar-refractivity contribution in [2.45, 2.75) is 52.9 Å². The number of rotatable bonds is 0. The third-order valence-corrected chi connectivity index (χ3v) is 5.44. The van der Waals surface area contributed by atoms with Gasteiger partial charge in [-0.2, -0.15) is 0 Å². The minimum Gasteiger partial charge on any atom is -0.0620 e. The summed E-state index contributed by atoms with van der Waals surface area (Å²) in [5.74, 6) is 1.34. The molecule has 2 atom stereocenters. The standard InChI is InChI=1S/C16H24/c1-11-13-9-7-8-10-14(13)16(5,6)12(2)15(11,3)4/h7-12H,1-6H3. The van der Waals surface area contributed by atoms with Gasteiger partial charge in [0.25, 0.3) is 0 Å². The van der Waals surface area contributed by atoms with Crippen LogP contribution in [0.15, 0.2) is 24.3 Å². The molecule has 88 valence electrons. The first-order valence-electron chi connectivity index (χ1n) is 6.39. The summed E-state index contributed by atoms with van der Waals surface area (Å²) in [6.45, 7) is 14.4. The lowest BCUT2D eigenvalue weighted by Gasteiger charge is -2.52. The third-order valence-electron chi connectivity index (χ3n) is 5.44. The summed E-state index contributed by atoms with van der Waals surface area (Å²) in [6, 6.07) is 8.99. The van der Waals surface area contributed by atoms with Crippen LogP contribution in [0.4, 0.5) is 0 Å². The van der Waals surface area contributed by atoms with Crippen LogP contribution in [0.1, 0.15) is 58.6 Å². The van der Waals surface area contributed by atoms with Gasteiger partial charge in [-0.25, -0.2) is 0 Å². The summed E-state index contributed by atoms with van der Waals surface area (Å²) < 4.78 is 0. The van der Waals surface area contributed by atoms with Crippen molar-refractivity contribution in [3.8, 4) is 0 Å². The minimum atomic E-state index is 0.284. The molecule has 0 amide bonds. The zero-order valence-corrected chi connectivity index (χ0v) is 11.5. The van der Waals surface area contributed by atoms with Crippen molar-refractivity contribution in [3.63, 3.8) is 0 Å². The lowest BCUT2D eigenvalue weighted by Crippen LogP contribution is -2.45. The van der Waals surface area contributed by atoms with Crippen LogP contribution in [0.3, 0.4) is 0 Å². The molecule has 0 heteroatoms. The lowest BCUT2D eigenvalue weighted by atomic mass is 9.52. The molecule has 0 aromatic heterocycles. The highest BCUT2D eigenvalue weighted by molar-refractivity contribution is 5.41. The Kier molecular flexibility index (Phi) is 2.45. The van der Waals surface area contributed by atoms with E-state index in [1.54, 1.807) is 11.1 Å². The van der Waals surface area contributed by atoms with Crippen LogP contribution in [-0.4, -0.2) is 0 Å². The van der Waals surface area contributed by atoms with Gasteiger partial charge in [-0.1, -0.05) is 65.8 Å². The molecule has 2 rings (SSSR count). The molecule has 0 N–H and O–H groups in total. The Balaban J connectivity index is 2.67. The first-order chi connectivity index (χ1) is 7.29. The van der Waals surface area contributed by atoms with Crippen LogP contribution in [0.5, 0.6) is 0 Å². The van der Waals surface area contributed by atoms with Crippen LogP contribution < -0.4 is 0 Å². The van der Waals surface area contributed by atoms with Crippen LogP contribution >= 0.6 is 0 Å². The van der Waals surface area contributed by atoms with Crippen molar-refractivity contribution in [2.24, 2.45) is 11.3 Å². The summed E-state index contributed by atoms with van der Waals surface area (Å²) in [4.78, 5) is 0. The topological polar surface area (TPSA) is 0 Å². The van der Waals surface area contributed by atoms with E-state index in [1.165, 1.54) is 0 Å². The number of hydrogen-bond donors (Lipinski definition) is 0. The Morgan fingerprint density at radius 3 is 2.12 bits per heavy atom. The first kappa shape index (κ1) is 11.7. The quantitative estimate of drug-likeness (QED) is 0.587. The van der Waals surface area contributed by atoms with E-state index in [0.29, 0.717) is 17.3 Å². The predicted octanol–water partition coefficient (Wildman–Crippen LogP) is 4.74. The number of hydrogen-bond acceptors (Lipinski definition) is 0. The smallest absolute Gasteiger partial charge is 0.00698 e. The maximum Gasteiger partial charge on any atom is -0.00698 e. The molecule has 0 bridgehead atoms. The Bertz CT molecular complexity index is 398. The minimum absolute atomic E-state index is 0.284. The lowest BCUT2D eigenvalue weighted by molar-refractivity contribution is 0.0969. The molecule has 0 aliphatic heterocycles. The molecule has 0 spiro atoms. The second-order valence-electron chi connectivity index (χ2n) is 6.57. The highest BCUT2D eigenvalue weighted by Gasteiger charge is 2.47. The number of benzene rings is 1. The van der Waals surface area contributed by atoms with E-state index in [9.17, 15) is 0 Å². The molecule has 1 aliphatic carbocycles. The van der Waals surface area contributed by atoms with Gasteiger partial charge in [0.05, 0.1) is 0 Å². The Morgan fingerprint density at radius 2 is 1.50 bits per heavy atom. The fourth-order valence-corrected chi connectivity index (χ4v) is 3.40. The van der Waals surface area contributed by atoms with Gasteiger partial charge in [-0.3, -0.25) is 0 Å². The highest BCUT2D eigenvalue weighted by Crippen LogP contribution is 2.55. The molecule has 0 radical (unpaired) electrons. The molecule has 2 unspecified atom stereocenters. The van der Waals surface area contributed by atoms with E-state index in [1.807, 2.05) is 0 Å². The second-order valence-corrected chi connectivity index (χ2v) is 6.57. The van der Waals surface area contributed by atoms with Gasteiger partial charge in [0.15, 0.2) is 0 Å². The highest BCUT2D eigenvalue weighted by atomic mass is 14.5. The Labute approximate surface area is 100 Å². The number of fused-ring (bicyclic) bond motifs is 1. The van der Waals surface area contributed by atoms with Crippen LogP contribution in [0, 0.1) is 11.3 Å². The molecule has 0 fully saturated rings. The molecule has 1 aromatic carbocycles. The predicted molar refractivity (Wildman–Crippen MR) is 70.8 cm³/mol. The van der Waals surface area contributed by atoms with Crippen molar-refractivity contribution >= 4 is 0 Å². The van der Waals surface area contributed by atoms with E-state index >= 15 is 0 Å². The average molecular weight is 216 g/mol. The zero-order valence-electron chi connectivity index (χ0n) is 11.5. The first-order valence-corrected chi connectivity index (χ1v) is 6.39. The van der Waals surface area contributed by atoms with Crippen molar-refractivity contribution in [3.05, 3.63) is 35.4 Å². The average Bonchev–Trinajstić information content (AvgIpc) is 2.25. The van der Waals surface area contributed by atoms with Crippen LogP contribution in [-0.2, 0) is 5.41 Å². The van der Waals surface area contributed by atoms with Crippen molar-refractivity contribution in [1.82, 2.24) is 0 Å². The summed E-state index contributed by atoms with van der Waals surface area (Å²) >= 11 is 0. The van der Waals surface area contributed by atoms with Crippen molar-refractivity contribution < 1.29 is 0 Å². The van der Waals surface area contributed by atoms with Gasteiger partial charge >= 0.3 is 0 Å². The molecule has 1 aromatic rings. The van der Waals surface area contributed by atoms with Gasteiger partial charge in [-0.05, 0) is 33.8 Å². The third kappa shape index (κ3) is 1.35. The van der Waals surface area contributed by atoms with Gasteiger partial charge < -0.3 is 0 Å². The molecule has 0 nitrogen and oxygen atoms in total. The molecule has 16 heavy (non-hydrogen) atoms. The largest absolute Gasteiger partial charge is 0.0620 e. The molecule has 1 aliphatic rings. The van der Waals surface area contributed by atoms with E-state index in [0.717, 1.165) is 0 Å². The summed E-state index contributed by atoms with van der Waals surface area (Å²) in [5, 5.41) is 0. The maximum atomic E-state index is 2.42. The van der Waals surface area contributed by atoms with Gasteiger partial charge in [0.1, 0.15) is 0 Å². The van der Waals surface area contributed by atoms with E-state index < -0.39 is 0 Å². The van der Waals surface area contributed by atoms with Crippen molar-refractivity contribution in [1.29, 1.82) is 0 Å². The van der Waals surface area contributed by atoms with Crippen molar-refractivity contribution in [2.75, 3.05) is 0 Å². The Morgan fingerprint density at radius 1 is 0.938 bits per heavy atom. The molecule has 0 heterocycles. The fourth-order valence-electron chi connectivity index (χ4n) is 3.40. The Hall–Kier alpha value is -0.780.